The molecule has 0 unspecified atom stereocenters. The van der Waals surface area contributed by atoms with Gasteiger partial charge in [-0.1, -0.05) is 43.0 Å². The van der Waals surface area contributed by atoms with Crippen LogP contribution in [0.4, 0.5) is 0 Å². The predicted molar refractivity (Wildman–Crippen MR) is 67.3 cm³/mol. The van der Waals surface area contributed by atoms with Gasteiger partial charge in [-0.05, 0) is 23.3 Å². The van der Waals surface area contributed by atoms with E-state index in [0.717, 1.165) is 11.1 Å². The van der Waals surface area contributed by atoms with Gasteiger partial charge in [-0.15, -0.1) is 0 Å². The fourth-order valence-corrected chi connectivity index (χ4v) is 1.49. The molecule has 0 spiro atoms. The van der Waals surface area contributed by atoms with Crippen molar-refractivity contribution < 1.29 is 4.79 Å². The van der Waals surface area contributed by atoms with E-state index < -0.39 is 0 Å². The summed E-state index contributed by atoms with van der Waals surface area (Å²) in [5.41, 5.74) is 1.68. The van der Waals surface area contributed by atoms with Crippen LogP contribution < -0.4 is 5.32 Å². The molecule has 1 aromatic carbocycles. The van der Waals surface area contributed by atoms with Crippen molar-refractivity contribution in [2.75, 3.05) is 0 Å². The van der Waals surface area contributed by atoms with Gasteiger partial charge in [0.05, 0.1) is 6.04 Å². The van der Waals surface area contributed by atoms with Crippen molar-refractivity contribution in [3.63, 3.8) is 0 Å². The first-order chi connectivity index (χ1) is 7.54. The van der Waals surface area contributed by atoms with Crippen LogP contribution in [0.2, 0.25) is 5.02 Å². The molecule has 1 rings (SSSR count). The Hall–Kier alpha value is -1.54. The molecule has 0 aromatic heterocycles. The molecule has 1 atom stereocenters. The van der Waals surface area contributed by atoms with Gasteiger partial charge in [-0.25, -0.2) is 0 Å². The molecular weight excluding hydrogens is 222 g/mol. The first kappa shape index (κ1) is 12.5. The molecule has 0 heterocycles. The van der Waals surface area contributed by atoms with Gasteiger partial charge in [0.1, 0.15) is 0 Å². The topological polar surface area (TPSA) is 29.1 Å². The Morgan fingerprint density at radius 2 is 2.00 bits per heavy atom. The van der Waals surface area contributed by atoms with E-state index in [4.69, 9.17) is 11.6 Å². The van der Waals surface area contributed by atoms with Gasteiger partial charge in [0.15, 0.2) is 0 Å². The summed E-state index contributed by atoms with van der Waals surface area (Å²) in [7, 11) is 0. The van der Waals surface area contributed by atoms with Crippen molar-refractivity contribution >= 4 is 17.5 Å². The number of benzene rings is 1. The highest BCUT2D eigenvalue weighted by molar-refractivity contribution is 6.30. The summed E-state index contributed by atoms with van der Waals surface area (Å²) in [5, 5.41) is 3.48. The highest BCUT2D eigenvalue weighted by Crippen LogP contribution is 2.22. The summed E-state index contributed by atoms with van der Waals surface area (Å²) in [6.07, 6.45) is 1.63. The van der Waals surface area contributed by atoms with Crippen LogP contribution >= 0.6 is 11.6 Å². The van der Waals surface area contributed by atoms with Crippen LogP contribution in [-0.4, -0.2) is 5.91 Å². The van der Waals surface area contributed by atoms with Crippen LogP contribution in [0.3, 0.4) is 0 Å². The second-order valence-corrected chi connectivity index (χ2v) is 3.90. The van der Waals surface area contributed by atoms with Gasteiger partial charge in [0.2, 0.25) is 5.91 Å². The van der Waals surface area contributed by atoms with Crippen LogP contribution in [0.25, 0.3) is 0 Å². The largest absolute Gasteiger partial charge is 0.345 e. The van der Waals surface area contributed by atoms with Crippen molar-refractivity contribution in [2.24, 2.45) is 0 Å². The molecule has 0 saturated carbocycles. The molecule has 0 saturated heterocycles. The smallest absolute Gasteiger partial charge is 0.217 e. The molecule has 1 aromatic rings. The lowest BCUT2D eigenvalue weighted by atomic mass is 10.00. The molecular formula is C13H14ClNO. The molecule has 1 N–H and O–H groups in total. The molecule has 16 heavy (non-hydrogen) atoms. The van der Waals surface area contributed by atoms with Crippen molar-refractivity contribution in [1.29, 1.82) is 0 Å². The first-order valence-electron chi connectivity index (χ1n) is 4.88. The maximum Gasteiger partial charge on any atom is 0.217 e. The third-order valence-electron chi connectivity index (χ3n) is 2.18. The zero-order chi connectivity index (χ0) is 12.1. The lowest BCUT2D eigenvalue weighted by molar-refractivity contribution is -0.119. The average molecular weight is 236 g/mol. The van der Waals surface area contributed by atoms with Gasteiger partial charge < -0.3 is 5.32 Å². The van der Waals surface area contributed by atoms with Gasteiger partial charge >= 0.3 is 0 Å². The number of amides is 1. The first-order valence-corrected chi connectivity index (χ1v) is 5.26. The minimum atomic E-state index is -0.243. The Labute approximate surface area is 101 Å². The second kappa shape index (κ2) is 5.52. The summed E-state index contributed by atoms with van der Waals surface area (Å²) < 4.78 is 0. The van der Waals surface area contributed by atoms with Crippen molar-refractivity contribution in [2.45, 2.75) is 13.0 Å². The summed E-state index contributed by atoms with van der Waals surface area (Å²) in [4.78, 5) is 11.1. The van der Waals surface area contributed by atoms with Crippen molar-refractivity contribution in [1.82, 2.24) is 5.32 Å². The zero-order valence-corrected chi connectivity index (χ0v) is 9.92. The molecule has 0 aliphatic rings. The maximum absolute atomic E-state index is 11.1. The Kier molecular flexibility index (Phi) is 4.32. The summed E-state index contributed by atoms with van der Waals surface area (Å²) in [6.45, 7) is 8.99. The summed E-state index contributed by atoms with van der Waals surface area (Å²) in [6, 6.07) is 7.03. The number of hydrogen-bond acceptors (Lipinski definition) is 1. The molecule has 0 bridgehead atoms. The third-order valence-corrected chi connectivity index (χ3v) is 2.44. The van der Waals surface area contributed by atoms with E-state index in [0.29, 0.717) is 5.02 Å². The number of nitrogens with one attached hydrogen (secondary N) is 1. The Morgan fingerprint density at radius 3 is 2.44 bits per heavy atom. The van der Waals surface area contributed by atoms with E-state index in [1.54, 1.807) is 18.2 Å². The fourth-order valence-electron chi connectivity index (χ4n) is 1.37. The normalized spacial score (nSPS) is 11.6. The highest BCUT2D eigenvalue weighted by Gasteiger charge is 2.13. The minimum absolute atomic E-state index is 0.108. The predicted octanol–water partition coefficient (Wildman–Crippen LogP) is 3.26. The van der Waals surface area contributed by atoms with Crippen molar-refractivity contribution in [3.8, 4) is 0 Å². The van der Waals surface area contributed by atoms with Gasteiger partial charge in [0.25, 0.3) is 0 Å². The molecule has 0 aliphatic heterocycles. The Bertz CT molecular complexity index is 408. The molecule has 0 fully saturated rings. The molecule has 0 radical (unpaired) electrons. The molecule has 1 amide bonds. The van der Waals surface area contributed by atoms with E-state index in [1.165, 1.54) is 6.92 Å². The Morgan fingerprint density at radius 1 is 1.44 bits per heavy atom. The zero-order valence-electron chi connectivity index (χ0n) is 9.16. The summed E-state index contributed by atoms with van der Waals surface area (Å²) >= 11 is 5.81. The minimum Gasteiger partial charge on any atom is -0.345 e. The van der Waals surface area contributed by atoms with Crippen LogP contribution in [0.5, 0.6) is 0 Å². The van der Waals surface area contributed by atoms with Crippen molar-refractivity contribution in [3.05, 3.63) is 59.7 Å². The van der Waals surface area contributed by atoms with Gasteiger partial charge in [-0.3, -0.25) is 4.79 Å². The maximum atomic E-state index is 11.1. The van der Waals surface area contributed by atoms with E-state index in [-0.39, 0.29) is 11.9 Å². The summed E-state index contributed by atoms with van der Waals surface area (Å²) in [5.74, 6) is -0.108. The standard InChI is InChI=1S/C13H14ClNO/c1-4-9(2)13(15-10(3)16)11-5-7-12(14)8-6-11/h4-8,13H,1-2H2,3H3,(H,15,16)/t13-/m1/s1. The van der Waals surface area contributed by atoms with Gasteiger partial charge in [0, 0.05) is 11.9 Å². The molecule has 0 aliphatic carbocycles. The number of rotatable bonds is 4. The van der Waals surface area contributed by atoms with Gasteiger partial charge in [-0.2, -0.15) is 0 Å². The monoisotopic (exact) mass is 235 g/mol. The second-order valence-electron chi connectivity index (χ2n) is 3.46. The number of carbonyl (C=O) groups is 1. The van der Waals surface area contributed by atoms with Crippen LogP contribution in [-0.2, 0) is 4.79 Å². The number of hydrogen-bond donors (Lipinski definition) is 1. The van der Waals surface area contributed by atoms with E-state index >= 15 is 0 Å². The number of halogens is 1. The lowest BCUT2D eigenvalue weighted by Gasteiger charge is -2.18. The molecule has 84 valence electrons. The van der Waals surface area contributed by atoms with E-state index in [1.807, 2.05) is 12.1 Å². The lowest BCUT2D eigenvalue weighted by Crippen LogP contribution is -2.26. The van der Waals surface area contributed by atoms with E-state index in [2.05, 4.69) is 18.5 Å². The van der Waals surface area contributed by atoms with Crippen LogP contribution in [0.1, 0.15) is 18.5 Å². The molecule has 3 heteroatoms. The van der Waals surface area contributed by atoms with Crippen LogP contribution in [0.15, 0.2) is 49.1 Å². The third kappa shape index (κ3) is 3.24. The quantitative estimate of drug-likeness (QED) is 0.798. The highest BCUT2D eigenvalue weighted by atomic mass is 35.5. The van der Waals surface area contributed by atoms with E-state index in [9.17, 15) is 4.79 Å². The Balaban J connectivity index is 3.00. The fraction of sp³-hybridized carbons (Fsp3) is 0.154. The molecule has 2 nitrogen and oxygen atoms in total. The average Bonchev–Trinajstić information content (AvgIpc) is 2.26. The SMILES string of the molecule is C=CC(=C)[C@@H](NC(C)=O)c1ccc(Cl)cc1. The van der Waals surface area contributed by atoms with Crippen LogP contribution in [0, 0.1) is 0 Å². The number of carbonyl (C=O) groups excluding carboxylic acids is 1.